The molecule has 0 spiro atoms. The van der Waals surface area contributed by atoms with E-state index in [1.807, 2.05) is 6.08 Å². The summed E-state index contributed by atoms with van der Waals surface area (Å²) in [6.45, 7) is 3.58. The molecule has 9 heteroatoms. The zero-order valence-electron chi connectivity index (χ0n) is 40.7. The number of ether oxygens (including phenoxy) is 2. The second-order valence-corrected chi connectivity index (χ2v) is 17.2. The van der Waals surface area contributed by atoms with E-state index in [-0.39, 0.29) is 12.5 Å². The standard InChI is InChI=1S/C56H93NO8/c1-3-5-7-9-11-13-15-17-18-19-20-21-22-23-24-25-26-27-28-29-30-31-32-34-36-38-40-42-44-46-52(60)57-49(48-64-56-55(63)54(62)53(61)51(47-58)65-56)50(59)45-43-41-39-37-35-33-16-14-12-10-8-6-4-2/h5,7,11-14,17-18,20-21,23-24,26-27,35,37,43,45,49-51,53-56,58-59,61-63H,3-4,6,8-10,15-16,19,22,25,28-34,36,38-42,44,46-48H2,1-2H3,(H,57,60)/b7-5-,13-11-,14-12+,18-17-,21-20-,24-23-,27-26-,37-35+,45-43+. The maximum atomic E-state index is 13.0. The smallest absolute Gasteiger partial charge is 0.220 e. The lowest BCUT2D eigenvalue weighted by atomic mass is 9.99. The Kier molecular flexibility index (Phi) is 41.1. The molecule has 1 amide bonds. The molecule has 65 heavy (non-hydrogen) atoms. The van der Waals surface area contributed by atoms with Crippen LogP contribution in [0.3, 0.4) is 0 Å². The van der Waals surface area contributed by atoms with Gasteiger partial charge in [-0.05, 0) is 96.3 Å². The van der Waals surface area contributed by atoms with E-state index in [0.29, 0.717) is 6.42 Å². The normalized spacial score (nSPS) is 20.9. The maximum Gasteiger partial charge on any atom is 0.220 e. The highest BCUT2D eigenvalue weighted by atomic mass is 16.7. The third kappa shape index (κ3) is 34.8. The Balaban J connectivity index is 2.26. The highest BCUT2D eigenvalue weighted by molar-refractivity contribution is 5.76. The lowest BCUT2D eigenvalue weighted by Crippen LogP contribution is -2.60. The Labute approximate surface area is 396 Å². The zero-order chi connectivity index (χ0) is 47.3. The fraction of sp³-hybridized carbons (Fsp3) is 0.661. The number of allylic oxidation sites excluding steroid dienone is 17. The van der Waals surface area contributed by atoms with Crippen LogP contribution >= 0.6 is 0 Å². The number of aliphatic hydroxyl groups is 5. The summed E-state index contributed by atoms with van der Waals surface area (Å²) < 4.78 is 11.2. The first-order chi connectivity index (χ1) is 31.8. The van der Waals surface area contributed by atoms with Gasteiger partial charge >= 0.3 is 0 Å². The zero-order valence-corrected chi connectivity index (χ0v) is 40.7. The minimum atomic E-state index is -1.58. The Hall–Kier alpha value is -3.15. The van der Waals surface area contributed by atoms with Crippen LogP contribution in [0.2, 0.25) is 0 Å². The fourth-order valence-corrected chi connectivity index (χ4v) is 7.25. The molecule has 0 aliphatic carbocycles. The Morgan fingerprint density at radius 1 is 0.538 bits per heavy atom. The van der Waals surface area contributed by atoms with Crippen molar-refractivity contribution in [2.45, 2.75) is 224 Å². The van der Waals surface area contributed by atoms with Gasteiger partial charge in [-0.3, -0.25) is 4.79 Å². The van der Waals surface area contributed by atoms with E-state index in [9.17, 15) is 30.3 Å². The van der Waals surface area contributed by atoms with E-state index in [4.69, 9.17) is 9.47 Å². The molecule has 0 radical (unpaired) electrons. The van der Waals surface area contributed by atoms with Crippen LogP contribution in [0.25, 0.3) is 0 Å². The van der Waals surface area contributed by atoms with Gasteiger partial charge in [0.05, 0.1) is 25.4 Å². The second kappa shape index (κ2) is 44.7. The predicted molar refractivity (Wildman–Crippen MR) is 271 cm³/mol. The minimum Gasteiger partial charge on any atom is -0.394 e. The van der Waals surface area contributed by atoms with Crippen LogP contribution in [-0.2, 0) is 14.3 Å². The van der Waals surface area contributed by atoms with E-state index in [1.54, 1.807) is 6.08 Å². The molecule has 1 heterocycles. The number of amides is 1. The van der Waals surface area contributed by atoms with Crippen molar-refractivity contribution in [1.82, 2.24) is 5.32 Å². The second-order valence-electron chi connectivity index (χ2n) is 17.2. The summed E-state index contributed by atoms with van der Waals surface area (Å²) in [5.74, 6) is -0.203. The van der Waals surface area contributed by atoms with Crippen molar-refractivity contribution in [2.75, 3.05) is 13.2 Å². The van der Waals surface area contributed by atoms with E-state index < -0.39 is 49.5 Å². The minimum absolute atomic E-state index is 0.203. The number of unbranched alkanes of at least 4 members (excludes halogenated alkanes) is 15. The molecule has 1 aliphatic heterocycles. The van der Waals surface area contributed by atoms with Crippen molar-refractivity contribution >= 4 is 5.91 Å². The van der Waals surface area contributed by atoms with Gasteiger partial charge in [-0.2, -0.15) is 0 Å². The first-order valence-electron chi connectivity index (χ1n) is 25.6. The van der Waals surface area contributed by atoms with Crippen LogP contribution in [-0.4, -0.2) is 87.5 Å². The molecule has 1 fully saturated rings. The Morgan fingerprint density at radius 2 is 0.969 bits per heavy atom. The topological polar surface area (TPSA) is 149 Å². The lowest BCUT2D eigenvalue weighted by Gasteiger charge is -2.40. The van der Waals surface area contributed by atoms with Gasteiger partial charge in [-0.25, -0.2) is 0 Å². The van der Waals surface area contributed by atoms with Crippen molar-refractivity contribution in [1.29, 1.82) is 0 Å². The van der Waals surface area contributed by atoms with Gasteiger partial charge in [-0.1, -0.05) is 187 Å². The largest absolute Gasteiger partial charge is 0.394 e. The third-order valence-corrected chi connectivity index (χ3v) is 11.3. The molecule has 6 N–H and O–H groups in total. The lowest BCUT2D eigenvalue weighted by molar-refractivity contribution is -0.302. The average Bonchev–Trinajstić information content (AvgIpc) is 3.31. The summed E-state index contributed by atoms with van der Waals surface area (Å²) >= 11 is 0. The van der Waals surface area contributed by atoms with Gasteiger partial charge in [0.1, 0.15) is 24.4 Å². The SMILES string of the molecule is CC/C=C\C/C=C\C/C=C\C/C=C\C/C=C\C/C=C\CCCCCCCCCCCCC(=O)NC(COC1OC(CO)C(O)C(O)C1O)C(O)/C=C/CC/C=C/CC/C=C/CCCCC. The molecule has 0 aromatic carbocycles. The molecule has 1 aliphatic rings. The van der Waals surface area contributed by atoms with Crippen molar-refractivity contribution in [3.05, 3.63) is 109 Å². The van der Waals surface area contributed by atoms with Crippen molar-refractivity contribution in [3.63, 3.8) is 0 Å². The molecular weight excluding hydrogens is 815 g/mol. The van der Waals surface area contributed by atoms with Crippen LogP contribution in [0.1, 0.15) is 181 Å². The number of carbonyl (C=O) groups is 1. The summed E-state index contributed by atoms with van der Waals surface area (Å²) in [6.07, 6.45) is 58.5. The molecular formula is C56H93NO8. The monoisotopic (exact) mass is 908 g/mol. The molecule has 0 aromatic rings. The van der Waals surface area contributed by atoms with Crippen molar-refractivity contribution < 1.29 is 39.8 Å². The third-order valence-electron chi connectivity index (χ3n) is 11.3. The number of nitrogens with one attached hydrogen (secondary N) is 1. The van der Waals surface area contributed by atoms with Crippen LogP contribution in [0.4, 0.5) is 0 Å². The number of hydrogen-bond donors (Lipinski definition) is 6. The Morgan fingerprint density at radius 3 is 1.48 bits per heavy atom. The van der Waals surface area contributed by atoms with E-state index in [2.05, 4.69) is 116 Å². The number of hydrogen-bond acceptors (Lipinski definition) is 8. The van der Waals surface area contributed by atoms with Crippen molar-refractivity contribution in [2.24, 2.45) is 0 Å². The quantitative estimate of drug-likeness (QED) is 0.0262. The van der Waals surface area contributed by atoms with E-state index >= 15 is 0 Å². The number of rotatable bonds is 41. The van der Waals surface area contributed by atoms with Crippen LogP contribution in [0, 0.1) is 0 Å². The molecule has 1 rings (SSSR count). The summed E-state index contributed by atoms with van der Waals surface area (Å²) in [5.41, 5.74) is 0. The highest BCUT2D eigenvalue weighted by Gasteiger charge is 2.44. The highest BCUT2D eigenvalue weighted by Crippen LogP contribution is 2.22. The summed E-state index contributed by atoms with van der Waals surface area (Å²) in [6, 6.07) is -0.837. The first kappa shape index (κ1) is 59.9. The molecule has 7 atom stereocenters. The molecule has 7 unspecified atom stereocenters. The predicted octanol–water partition coefficient (Wildman–Crippen LogP) is 11.8. The van der Waals surface area contributed by atoms with Crippen LogP contribution < -0.4 is 5.32 Å². The molecule has 9 nitrogen and oxygen atoms in total. The number of aliphatic hydroxyl groups excluding tert-OH is 5. The van der Waals surface area contributed by atoms with Gasteiger partial charge in [0.25, 0.3) is 0 Å². The van der Waals surface area contributed by atoms with E-state index in [0.717, 1.165) is 103 Å². The van der Waals surface area contributed by atoms with Gasteiger partial charge in [0.2, 0.25) is 5.91 Å². The van der Waals surface area contributed by atoms with Crippen LogP contribution in [0.5, 0.6) is 0 Å². The molecule has 370 valence electrons. The fourth-order valence-electron chi connectivity index (χ4n) is 7.25. The molecule has 0 aromatic heterocycles. The summed E-state index contributed by atoms with van der Waals surface area (Å²) in [4.78, 5) is 13.0. The number of carbonyl (C=O) groups excluding carboxylic acids is 1. The summed E-state index contributed by atoms with van der Waals surface area (Å²) in [7, 11) is 0. The van der Waals surface area contributed by atoms with E-state index in [1.165, 1.54) is 57.8 Å². The summed E-state index contributed by atoms with van der Waals surface area (Å²) in [5, 5.41) is 54.2. The molecule has 0 bridgehead atoms. The maximum absolute atomic E-state index is 13.0. The average molecular weight is 908 g/mol. The van der Waals surface area contributed by atoms with Gasteiger partial charge in [0.15, 0.2) is 6.29 Å². The van der Waals surface area contributed by atoms with Crippen LogP contribution in [0.15, 0.2) is 109 Å². The molecule has 0 saturated carbocycles. The van der Waals surface area contributed by atoms with Crippen molar-refractivity contribution in [3.8, 4) is 0 Å². The van der Waals surface area contributed by atoms with Gasteiger partial charge in [0, 0.05) is 6.42 Å². The van der Waals surface area contributed by atoms with Gasteiger partial charge < -0.3 is 40.3 Å². The first-order valence-corrected chi connectivity index (χ1v) is 25.6. The van der Waals surface area contributed by atoms with Gasteiger partial charge in [-0.15, -0.1) is 0 Å². The molecule has 1 saturated heterocycles. The Bertz CT molecular complexity index is 1380.